The number of ether oxygens (including phenoxy) is 1. The number of fused-ring (bicyclic) bond motifs is 1. The molecule has 22 heavy (non-hydrogen) atoms. The molecule has 4 heteroatoms. The van der Waals surface area contributed by atoms with E-state index in [0.717, 1.165) is 28.6 Å². The summed E-state index contributed by atoms with van der Waals surface area (Å²) in [7, 11) is 0. The lowest BCUT2D eigenvalue weighted by molar-refractivity contribution is 0.111. The van der Waals surface area contributed by atoms with Gasteiger partial charge in [0.2, 0.25) is 0 Å². The van der Waals surface area contributed by atoms with E-state index in [4.69, 9.17) is 4.74 Å². The average molecular weight is 294 g/mol. The molecule has 0 saturated carbocycles. The monoisotopic (exact) mass is 294 g/mol. The summed E-state index contributed by atoms with van der Waals surface area (Å²) >= 11 is 0. The third-order valence-corrected chi connectivity index (χ3v) is 3.92. The molecule has 0 bridgehead atoms. The number of aldehydes is 1. The van der Waals surface area contributed by atoms with Crippen molar-refractivity contribution in [2.45, 2.75) is 20.4 Å². The summed E-state index contributed by atoms with van der Waals surface area (Å²) in [6, 6.07) is 13.8. The molecule has 0 fully saturated rings. The van der Waals surface area contributed by atoms with E-state index in [1.807, 2.05) is 47.9 Å². The fraction of sp³-hybridized carbons (Fsp3) is 0.222. The van der Waals surface area contributed by atoms with Crippen LogP contribution in [-0.4, -0.2) is 22.4 Å². The number of hydrogen-bond donors (Lipinski definition) is 0. The maximum atomic E-state index is 11.2. The van der Waals surface area contributed by atoms with Crippen molar-refractivity contribution in [2.24, 2.45) is 0 Å². The number of carbonyl (C=O) groups excluding carboxylic acids is 1. The molecular formula is C18H18N2O2. The minimum Gasteiger partial charge on any atom is -0.491 e. The summed E-state index contributed by atoms with van der Waals surface area (Å²) in [6.07, 6.45) is 0.790. The van der Waals surface area contributed by atoms with Crippen LogP contribution in [0.2, 0.25) is 0 Å². The van der Waals surface area contributed by atoms with Gasteiger partial charge in [0, 0.05) is 0 Å². The van der Waals surface area contributed by atoms with Gasteiger partial charge in [0.15, 0.2) is 12.1 Å². The SMILES string of the molecule is Cc1cccc(OCCn2c(C=O)nc3ccccc32)c1C. The van der Waals surface area contributed by atoms with Crippen LogP contribution in [0.1, 0.15) is 21.7 Å². The van der Waals surface area contributed by atoms with Crippen LogP contribution in [0.4, 0.5) is 0 Å². The Morgan fingerprint density at radius 2 is 1.95 bits per heavy atom. The summed E-state index contributed by atoms with van der Waals surface area (Å²) < 4.78 is 7.77. The molecule has 0 unspecified atom stereocenters. The highest BCUT2D eigenvalue weighted by Crippen LogP contribution is 2.21. The van der Waals surface area contributed by atoms with E-state index in [1.165, 1.54) is 5.56 Å². The van der Waals surface area contributed by atoms with Crippen molar-refractivity contribution in [2.75, 3.05) is 6.61 Å². The predicted molar refractivity (Wildman–Crippen MR) is 86.5 cm³/mol. The second-order valence-electron chi connectivity index (χ2n) is 5.27. The van der Waals surface area contributed by atoms with Gasteiger partial charge in [-0.15, -0.1) is 0 Å². The first-order valence-electron chi connectivity index (χ1n) is 7.30. The molecule has 0 spiro atoms. The summed E-state index contributed by atoms with van der Waals surface area (Å²) in [6.45, 7) is 5.19. The zero-order chi connectivity index (χ0) is 15.5. The normalized spacial score (nSPS) is 10.8. The molecule has 0 N–H and O–H groups in total. The van der Waals surface area contributed by atoms with Gasteiger partial charge in [0.1, 0.15) is 12.4 Å². The lowest BCUT2D eigenvalue weighted by Crippen LogP contribution is -2.11. The zero-order valence-electron chi connectivity index (χ0n) is 12.7. The number of rotatable bonds is 5. The molecule has 0 aliphatic rings. The lowest BCUT2D eigenvalue weighted by Gasteiger charge is -2.12. The van der Waals surface area contributed by atoms with Gasteiger partial charge in [0.05, 0.1) is 17.6 Å². The first-order chi connectivity index (χ1) is 10.7. The van der Waals surface area contributed by atoms with Crippen LogP contribution in [0, 0.1) is 13.8 Å². The molecule has 1 aromatic heterocycles. The Morgan fingerprint density at radius 1 is 1.14 bits per heavy atom. The topological polar surface area (TPSA) is 44.1 Å². The van der Waals surface area contributed by atoms with E-state index in [-0.39, 0.29) is 0 Å². The van der Waals surface area contributed by atoms with Crippen molar-refractivity contribution in [3.05, 3.63) is 59.4 Å². The first-order valence-corrected chi connectivity index (χ1v) is 7.30. The Bertz CT molecular complexity index is 821. The molecule has 1 heterocycles. The van der Waals surface area contributed by atoms with Crippen LogP contribution in [0.25, 0.3) is 11.0 Å². The fourth-order valence-corrected chi connectivity index (χ4v) is 2.55. The molecule has 112 valence electrons. The van der Waals surface area contributed by atoms with Crippen molar-refractivity contribution in [3.8, 4) is 5.75 Å². The number of nitrogens with zero attached hydrogens (tertiary/aromatic N) is 2. The molecule has 0 radical (unpaired) electrons. The van der Waals surface area contributed by atoms with Crippen LogP contribution in [-0.2, 0) is 6.54 Å². The first kappa shape index (κ1) is 14.3. The van der Waals surface area contributed by atoms with E-state index in [1.54, 1.807) is 0 Å². The number of aryl methyl sites for hydroxylation is 1. The van der Waals surface area contributed by atoms with Crippen molar-refractivity contribution >= 4 is 17.3 Å². The number of aromatic nitrogens is 2. The summed E-state index contributed by atoms with van der Waals surface area (Å²) in [5.41, 5.74) is 4.14. The fourth-order valence-electron chi connectivity index (χ4n) is 2.55. The second kappa shape index (κ2) is 6.02. The second-order valence-corrected chi connectivity index (χ2v) is 5.27. The predicted octanol–water partition coefficient (Wildman–Crippen LogP) is 3.54. The third kappa shape index (κ3) is 2.60. The summed E-state index contributed by atoms with van der Waals surface area (Å²) in [5.74, 6) is 1.32. The van der Waals surface area contributed by atoms with E-state index >= 15 is 0 Å². The highest BCUT2D eigenvalue weighted by molar-refractivity contribution is 5.82. The van der Waals surface area contributed by atoms with Crippen molar-refractivity contribution in [3.63, 3.8) is 0 Å². The number of para-hydroxylation sites is 2. The molecule has 2 aromatic carbocycles. The molecule has 3 rings (SSSR count). The number of benzene rings is 2. The maximum absolute atomic E-state index is 11.2. The van der Waals surface area contributed by atoms with E-state index in [0.29, 0.717) is 19.0 Å². The van der Waals surface area contributed by atoms with Crippen LogP contribution >= 0.6 is 0 Å². The van der Waals surface area contributed by atoms with Crippen LogP contribution in [0.3, 0.4) is 0 Å². The van der Waals surface area contributed by atoms with Gasteiger partial charge in [-0.05, 0) is 43.2 Å². The summed E-state index contributed by atoms with van der Waals surface area (Å²) in [5, 5.41) is 0. The Balaban J connectivity index is 1.79. The Labute approximate surface area is 129 Å². The number of imidazole rings is 1. The van der Waals surface area contributed by atoms with Crippen molar-refractivity contribution in [1.82, 2.24) is 9.55 Å². The Hall–Kier alpha value is -2.62. The number of hydrogen-bond acceptors (Lipinski definition) is 3. The van der Waals surface area contributed by atoms with Gasteiger partial charge in [-0.2, -0.15) is 0 Å². The van der Waals surface area contributed by atoms with Gasteiger partial charge in [-0.3, -0.25) is 4.79 Å². The molecule has 0 aliphatic heterocycles. The molecule has 0 amide bonds. The highest BCUT2D eigenvalue weighted by atomic mass is 16.5. The minimum atomic E-state index is 0.436. The maximum Gasteiger partial charge on any atom is 0.185 e. The molecule has 0 aliphatic carbocycles. The molecular weight excluding hydrogens is 276 g/mol. The van der Waals surface area contributed by atoms with E-state index in [9.17, 15) is 4.79 Å². The highest BCUT2D eigenvalue weighted by Gasteiger charge is 2.09. The summed E-state index contributed by atoms with van der Waals surface area (Å²) in [4.78, 5) is 15.5. The van der Waals surface area contributed by atoms with E-state index < -0.39 is 0 Å². The van der Waals surface area contributed by atoms with E-state index in [2.05, 4.69) is 18.0 Å². The average Bonchev–Trinajstić information content (AvgIpc) is 2.89. The van der Waals surface area contributed by atoms with Gasteiger partial charge in [-0.1, -0.05) is 24.3 Å². The lowest BCUT2D eigenvalue weighted by atomic mass is 10.1. The Kier molecular flexibility index (Phi) is 3.92. The smallest absolute Gasteiger partial charge is 0.185 e. The Morgan fingerprint density at radius 3 is 2.77 bits per heavy atom. The van der Waals surface area contributed by atoms with Gasteiger partial charge >= 0.3 is 0 Å². The standard InChI is InChI=1S/C18H18N2O2/c1-13-6-5-9-17(14(13)2)22-11-10-20-16-8-4-3-7-15(16)19-18(20)12-21/h3-9,12H,10-11H2,1-2H3. The van der Waals surface area contributed by atoms with Crippen LogP contribution in [0.15, 0.2) is 42.5 Å². The van der Waals surface area contributed by atoms with Crippen molar-refractivity contribution < 1.29 is 9.53 Å². The van der Waals surface area contributed by atoms with Crippen molar-refractivity contribution in [1.29, 1.82) is 0 Å². The van der Waals surface area contributed by atoms with Gasteiger partial charge < -0.3 is 9.30 Å². The zero-order valence-corrected chi connectivity index (χ0v) is 12.7. The van der Waals surface area contributed by atoms with Crippen LogP contribution < -0.4 is 4.74 Å². The minimum absolute atomic E-state index is 0.436. The largest absolute Gasteiger partial charge is 0.491 e. The van der Waals surface area contributed by atoms with Crippen LogP contribution in [0.5, 0.6) is 5.75 Å². The molecule has 4 nitrogen and oxygen atoms in total. The molecule has 0 saturated heterocycles. The molecule has 3 aromatic rings. The number of carbonyl (C=O) groups is 1. The van der Waals surface area contributed by atoms with Gasteiger partial charge in [0.25, 0.3) is 0 Å². The third-order valence-electron chi connectivity index (χ3n) is 3.92. The molecule has 0 atom stereocenters. The van der Waals surface area contributed by atoms with Gasteiger partial charge in [-0.25, -0.2) is 4.98 Å². The quantitative estimate of drug-likeness (QED) is 0.676.